The lowest BCUT2D eigenvalue weighted by atomic mass is 10.0. The van der Waals surface area contributed by atoms with Crippen LogP contribution in [0.5, 0.6) is 5.75 Å². The van der Waals surface area contributed by atoms with E-state index in [-0.39, 0.29) is 0 Å². The van der Waals surface area contributed by atoms with Crippen LogP contribution in [0.25, 0.3) is 11.1 Å². The van der Waals surface area contributed by atoms with Crippen molar-refractivity contribution in [1.29, 1.82) is 0 Å². The Morgan fingerprint density at radius 3 is 2.19 bits per heavy atom. The molecule has 0 aliphatic heterocycles. The topological polar surface area (TPSA) is 75.7 Å². The number of amides is 1. The summed E-state index contributed by atoms with van der Waals surface area (Å²) in [6.45, 7) is 3.95. The van der Waals surface area contributed by atoms with Crippen molar-refractivity contribution in [2.24, 2.45) is 0 Å². The summed E-state index contributed by atoms with van der Waals surface area (Å²) >= 11 is 0. The number of rotatable bonds is 8. The van der Waals surface area contributed by atoms with E-state index in [1.54, 1.807) is 37.3 Å². The summed E-state index contributed by atoms with van der Waals surface area (Å²) in [6, 6.07) is 22.8. The third-order valence-corrected chi connectivity index (χ3v) is 6.00. The normalized spacial score (nSPS) is 12.1. The highest BCUT2D eigenvalue weighted by Gasteiger charge is 2.29. The lowest BCUT2D eigenvalue weighted by Gasteiger charge is -2.28. The number of ether oxygens (including phenoxy) is 1. The second kappa shape index (κ2) is 9.66. The van der Waals surface area contributed by atoms with Crippen molar-refractivity contribution in [2.75, 3.05) is 22.5 Å². The molecule has 0 heterocycles. The standard InChI is InChI=1S/C24H26N2O4S/c1-4-30-21-16-14-20(15-17-21)26(31(3,28)29)18(2)24(27)25-23-13-9-8-12-22(23)19-10-6-5-7-11-19/h5-18H,4H2,1-3H3,(H,25,27). The lowest BCUT2D eigenvalue weighted by molar-refractivity contribution is -0.116. The van der Waals surface area contributed by atoms with Crippen LogP contribution < -0.4 is 14.4 Å². The van der Waals surface area contributed by atoms with Gasteiger partial charge in [-0.05, 0) is 49.7 Å². The smallest absolute Gasteiger partial charge is 0.248 e. The van der Waals surface area contributed by atoms with Crippen LogP contribution in [0.4, 0.5) is 11.4 Å². The SMILES string of the molecule is CCOc1ccc(N(C(C)C(=O)Nc2ccccc2-c2ccccc2)S(C)(=O)=O)cc1. The van der Waals surface area contributed by atoms with E-state index in [2.05, 4.69) is 5.32 Å². The number of carbonyl (C=O) groups excluding carboxylic acids is 1. The first-order chi connectivity index (χ1) is 14.8. The summed E-state index contributed by atoms with van der Waals surface area (Å²) in [5.41, 5.74) is 2.82. The number of carbonyl (C=O) groups is 1. The predicted octanol–water partition coefficient (Wildman–Crippen LogP) is 4.55. The third kappa shape index (κ3) is 5.44. The first kappa shape index (κ1) is 22.4. The van der Waals surface area contributed by atoms with Gasteiger partial charge in [-0.2, -0.15) is 0 Å². The Labute approximate surface area is 183 Å². The van der Waals surface area contributed by atoms with Crippen molar-refractivity contribution < 1.29 is 17.9 Å². The molecule has 0 aliphatic carbocycles. The maximum atomic E-state index is 13.1. The van der Waals surface area contributed by atoms with E-state index < -0.39 is 22.0 Å². The molecule has 162 valence electrons. The quantitative estimate of drug-likeness (QED) is 0.560. The molecule has 0 aliphatic rings. The van der Waals surface area contributed by atoms with Crippen LogP contribution in [-0.2, 0) is 14.8 Å². The second-order valence-electron chi connectivity index (χ2n) is 7.06. The van der Waals surface area contributed by atoms with Gasteiger partial charge < -0.3 is 10.1 Å². The Hall–Kier alpha value is -3.32. The van der Waals surface area contributed by atoms with Crippen LogP contribution in [0.2, 0.25) is 0 Å². The van der Waals surface area contributed by atoms with Gasteiger partial charge in [0, 0.05) is 11.3 Å². The molecule has 0 bridgehead atoms. The molecule has 3 rings (SSSR count). The van der Waals surface area contributed by atoms with Crippen molar-refractivity contribution in [3.05, 3.63) is 78.9 Å². The van der Waals surface area contributed by atoms with Gasteiger partial charge in [-0.15, -0.1) is 0 Å². The molecule has 31 heavy (non-hydrogen) atoms. The Balaban J connectivity index is 1.88. The zero-order valence-corrected chi connectivity index (χ0v) is 18.6. The van der Waals surface area contributed by atoms with Crippen LogP contribution in [0.15, 0.2) is 78.9 Å². The predicted molar refractivity (Wildman–Crippen MR) is 125 cm³/mol. The minimum absolute atomic E-state index is 0.393. The summed E-state index contributed by atoms with van der Waals surface area (Å²) in [6.07, 6.45) is 1.09. The fraction of sp³-hybridized carbons (Fsp3) is 0.208. The van der Waals surface area contributed by atoms with Crippen LogP contribution in [0, 0.1) is 0 Å². The average molecular weight is 439 g/mol. The maximum Gasteiger partial charge on any atom is 0.248 e. The first-order valence-corrected chi connectivity index (χ1v) is 11.8. The van der Waals surface area contributed by atoms with Crippen molar-refractivity contribution in [3.8, 4) is 16.9 Å². The lowest BCUT2D eigenvalue weighted by Crippen LogP contribution is -2.45. The number of anilines is 2. The Morgan fingerprint density at radius 2 is 1.58 bits per heavy atom. The summed E-state index contributed by atoms with van der Waals surface area (Å²) in [5.74, 6) is 0.205. The summed E-state index contributed by atoms with van der Waals surface area (Å²) in [5, 5.41) is 2.89. The number of nitrogens with zero attached hydrogens (tertiary/aromatic N) is 1. The van der Waals surface area contributed by atoms with Crippen LogP contribution in [0.3, 0.4) is 0 Å². The van der Waals surface area contributed by atoms with Crippen molar-refractivity contribution >= 4 is 27.3 Å². The van der Waals surface area contributed by atoms with E-state index in [9.17, 15) is 13.2 Å². The highest BCUT2D eigenvalue weighted by molar-refractivity contribution is 7.92. The van der Waals surface area contributed by atoms with Gasteiger partial charge >= 0.3 is 0 Å². The largest absolute Gasteiger partial charge is 0.494 e. The number of nitrogens with one attached hydrogen (secondary N) is 1. The first-order valence-electron chi connectivity index (χ1n) is 9.99. The van der Waals surface area contributed by atoms with Crippen LogP contribution in [0.1, 0.15) is 13.8 Å². The van der Waals surface area contributed by atoms with Gasteiger partial charge in [0.25, 0.3) is 0 Å². The minimum atomic E-state index is -3.71. The van der Waals surface area contributed by atoms with E-state index in [0.717, 1.165) is 21.7 Å². The Bertz CT molecular complexity index is 1130. The van der Waals surface area contributed by atoms with E-state index in [1.165, 1.54) is 0 Å². The van der Waals surface area contributed by atoms with Crippen LogP contribution >= 0.6 is 0 Å². The van der Waals surface area contributed by atoms with Crippen molar-refractivity contribution in [1.82, 2.24) is 0 Å². The number of hydrogen-bond donors (Lipinski definition) is 1. The third-order valence-electron chi connectivity index (χ3n) is 4.76. The summed E-state index contributed by atoms with van der Waals surface area (Å²) < 4.78 is 31.6. The molecule has 0 aromatic heterocycles. The highest BCUT2D eigenvalue weighted by atomic mass is 32.2. The number of hydrogen-bond acceptors (Lipinski definition) is 4. The van der Waals surface area contributed by atoms with Crippen molar-refractivity contribution in [2.45, 2.75) is 19.9 Å². The average Bonchev–Trinajstić information content (AvgIpc) is 2.75. The molecule has 3 aromatic rings. The molecule has 3 aromatic carbocycles. The minimum Gasteiger partial charge on any atom is -0.494 e. The molecule has 1 amide bonds. The molecule has 7 heteroatoms. The molecular weight excluding hydrogens is 412 g/mol. The molecule has 0 saturated heterocycles. The monoisotopic (exact) mass is 438 g/mol. The fourth-order valence-corrected chi connectivity index (χ4v) is 4.54. The fourth-order valence-electron chi connectivity index (χ4n) is 3.36. The van der Waals surface area contributed by atoms with Gasteiger partial charge in [0.2, 0.25) is 15.9 Å². The molecule has 0 saturated carbocycles. The van der Waals surface area contributed by atoms with Crippen molar-refractivity contribution in [3.63, 3.8) is 0 Å². The van der Waals surface area contributed by atoms with Crippen LogP contribution in [-0.4, -0.2) is 33.2 Å². The van der Waals surface area contributed by atoms with E-state index in [0.29, 0.717) is 23.7 Å². The Morgan fingerprint density at radius 1 is 0.968 bits per heavy atom. The second-order valence-corrected chi connectivity index (χ2v) is 8.92. The zero-order valence-electron chi connectivity index (χ0n) is 17.8. The molecular formula is C24H26N2O4S. The van der Waals surface area contributed by atoms with Gasteiger partial charge in [-0.3, -0.25) is 9.10 Å². The molecule has 1 N–H and O–H groups in total. The van der Waals surface area contributed by atoms with E-state index >= 15 is 0 Å². The van der Waals surface area contributed by atoms with E-state index in [1.807, 2.05) is 55.5 Å². The molecule has 0 fully saturated rings. The Kier molecular flexibility index (Phi) is 6.97. The molecule has 1 unspecified atom stereocenters. The van der Waals surface area contributed by atoms with Gasteiger partial charge in [0.05, 0.1) is 18.6 Å². The maximum absolute atomic E-state index is 13.1. The zero-order chi connectivity index (χ0) is 22.4. The molecule has 6 nitrogen and oxygen atoms in total. The molecule has 0 radical (unpaired) electrons. The molecule has 0 spiro atoms. The summed E-state index contributed by atoms with van der Waals surface area (Å²) in [7, 11) is -3.71. The van der Waals surface area contributed by atoms with Gasteiger partial charge in [0.1, 0.15) is 11.8 Å². The van der Waals surface area contributed by atoms with E-state index in [4.69, 9.17) is 4.74 Å². The number of benzene rings is 3. The molecule has 1 atom stereocenters. The van der Waals surface area contributed by atoms with Gasteiger partial charge in [0.15, 0.2) is 0 Å². The highest BCUT2D eigenvalue weighted by Crippen LogP contribution is 2.29. The van der Waals surface area contributed by atoms with Gasteiger partial charge in [-0.1, -0.05) is 48.5 Å². The number of para-hydroxylation sites is 1. The number of sulfonamides is 1. The summed E-state index contributed by atoms with van der Waals surface area (Å²) in [4.78, 5) is 13.1. The van der Waals surface area contributed by atoms with Gasteiger partial charge in [-0.25, -0.2) is 8.42 Å².